The van der Waals surface area contributed by atoms with Crippen molar-refractivity contribution in [3.05, 3.63) is 29.8 Å². The van der Waals surface area contributed by atoms with Crippen molar-refractivity contribution in [2.24, 2.45) is 5.73 Å². The van der Waals surface area contributed by atoms with E-state index in [0.717, 1.165) is 6.20 Å². The third-order valence-corrected chi connectivity index (χ3v) is 1.94. The number of esters is 1. The maximum absolute atomic E-state index is 13.2. The van der Waals surface area contributed by atoms with Crippen molar-refractivity contribution >= 4 is 5.97 Å². The number of nitrogens with two attached hydrogens (primary N) is 1. The Bertz CT molecular complexity index is 352. The molecular weight excluding hydrogens is 187 g/mol. The van der Waals surface area contributed by atoms with Crippen LogP contribution >= 0.6 is 0 Å². The van der Waals surface area contributed by atoms with Crippen LogP contribution in [0.4, 0.5) is 4.39 Å². The predicted molar refractivity (Wildman–Crippen MR) is 47.8 cm³/mol. The van der Waals surface area contributed by atoms with Crippen LogP contribution in [0.25, 0.3) is 0 Å². The van der Waals surface area contributed by atoms with E-state index in [1.165, 1.54) is 26.3 Å². The highest BCUT2D eigenvalue weighted by molar-refractivity contribution is 5.81. The van der Waals surface area contributed by atoms with Gasteiger partial charge in [-0.2, -0.15) is 0 Å². The lowest BCUT2D eigenvalue weighted by Gasteiger charge is -2.21. The summed E-state index contributed by atoms with van der Waals surface area (Å²) in [6, 6.07) is 1.35. The van der Waals surface area contributed by atoms with Crippen LogP contribution in [0, 0.1) is 5.82 Å². The Kier molecular flexibility index (Phi) is 2.81. The average Bonchev–Trinajstić information content (AvgIpc) is 2.17. The zero-order valence-electron chi connectivity index (χ0n) is 7.95. The van der Waals surface area contributed by atoms with Crippen LogP contribution in [0.3, 0.4) is 0 Å². The largest absolute Gasteiger partial charge is 0.467 e. The van der Waals surface area contributed by atoms with Crippen LogP contribution in [0.2, 0.25) is 0 Å². The van der Waals surface area contributed by atoms with E-state index in [1.807, 2.05) is 0 Å². The third kappa shape index (κ3) is 1.72. The van der Waals surface area contributed by atoms with Gasteiger partial charge in [-0.1, -0.05) is 0 Å². The SMILES string of the molecule is COC(=O)C(C)(N)c1ccncc1F. The van der Waals surface area contributed by atoms with Crippen molar-refractivity contribution in [3.8, 4) is 0 Å². The zero-order chi connectivity index (χ0) is 10.8. The van der Waals surface area contributed by atoms with Gasteiger partial charge in [0.1, 0.15) is 11.4 Å². The van der Waals surface area contributed by atoms with E-state index in [1.54, 1.807) is 0 Å². The molecule has 0 radical (unpaired) electrons. The summed E-state index contributed by atoms with van der Waals surface area (Å²) in [6.45, 7) is 1.39. The lowest BCUT2D eigenvalue weighted by molar-refractivity contribution is -0.146. The van der Waals surface area contributed by atoms with Crippen LogP contribution < -0.4 is 5.73 Å². The lowest BCUT2D eigenvalue weighted by Crippen LogP contribution is -2.43. The van der Waals surface area contributed by atoms with Crippen LogP contribution in [-0.4, -0.2) is 18.1 Å². The number of ether oxygens (including phenoxy) is 1. The number of methoxy groups -OCH3 is 1. The third-order valence-electron chi connectivity index (χ3n) is 1.94. The van der Waals surface area contributed by atoms with Crippen LogP contribution in [-0.2, 0) is 15.1 Å². The summed E-state index contributed by atoms with van der Waals surface area (Å²) in [5.74, 6) is -1.31. The van der Waals surface area contributed by atoms with Gasteiger partial charge in [0.2, 0.25) is 0 Å². The summed E-state index contributed by atoms with van der Waals surface area (Å²) in [4.78, 5) is 14.8. The first kappa shape index (κ1) is 10.6. The molecule has 0 fully saturated rings. The number of rotatable bonds is 2. The molecule has 0 spiro atoms. The molecule has 14 heavy (non-hydrogen) atoms. The van der Waals surface area contributed by atoms with E-state index in [-0.39, 0.29) is 5.56 Å². The van der Waals surface area contributed by atoms with E-state index < -0.39 is 17.3 Å². The number of hydrogen-bond acceptors (Lipinski definition) is 4. The molecular formula is C9H11FN2O2. The van der Waals surface area contributed by atoms with E-state index in [9.17, 15) is 9.18 Å². The second-order valence-corrected chi connectivity index (χ2v) is 3.05. The van der Waals surface area contributed by atoms with E-state index in [4.69, 9.17) is 5.73 Å². The Morgan fingerprint density at radius 2 is 2.36 bits per heavy atom. The summed E-state index contributed by atoms with van der Waals surface area (Å²) in [7, 11) is 1.20. The molecule has 0 amide bonds. The van der Waals surface area contributed by atoms with Crippen molar-refractivity contribution in [1.82, 2.24) is 4.98 Å². The van der Waals surface area contributed by atoms with Gasteiger partial charge in [0.25, 0.3) is 0 Å². The summed E-state index contributed by atoms with van der Waals surface area (Å²) >= 11 is 0. The molecule has 0 aromatic carbocycles. The highest BCUT2D eigenvalue weighted by atomic mass is 19.1. The maximum Gasteiger partial charge on any atom is 0.330 e. The molecule has 0 aliphatic heterocycles. The smallest absolute Gasteiger partial charge is 0.330 e. The topological polar surface area (TPSA) is 65.2 Å². The second-order valence-electron chi connectivity index (χ2n) is 3.05. The van der Waals surface area contributed by atoms with Gasteiger partial charge in [-0.15, -0.1) is 0 Å². The van der Waals surface area contributed by atoms with Crippen LogP contribution in [0.1, 0.15) is 12.5 Å². The lowest BCUT2D eigenvalue weighted by atomic mass is 9.94. The van der Waals surface area contributed by atoms with Gasteiger partial charge in [-0.05, 0) is 13.0 Å². The molecule has 2 N–H and O–H groups in total. The molecule has 4 nitrogen and oxygen atoms in total. The molecule has 1 rings (SSSR count). The second kappa shape index (κ2) is 3.71. The van der Waals surface area contributed by atoms with Gasteiger partial charge in [0, 0.05) is 11.8 Å². The minimum Gasteiger partial charge on any atom is -0.467 e. The number of halogens is 1. The summed E-state index contributed by atoms with van der Waals surface area (Å²) in [5.41, 5.74) is 4.24. The minimum atomic E-state index is -1.48. The van der Waals surface area contributed by atoms with Crippen molar-refractivity contribution in [2.45, 2.75) is 12.5 Å². The number of aromatic nitrogens is 1. The first-order valence-corrected chi connectivity index (χ1v) is 3.97. The van der Waals surface area contributed by atoms with Gasteiger partial charge in [-0.3, -0.25) is 4.98 Å². The Morgan fingerprint density at radius 1 is 1.71 bits per heavy atom. The Morgan fingerprint density at radius 3 is 2.86 bits per heavy atom. The van der Waals surface area contributed by atoms with Gasteiger partial charge >= 0.3 is 5.97 Å². The average molecular weight is 198 g/mol. The molecule has 0 aliphatic rings. The molecule has 1 unspecified atom stereocenters. The first-order chi connectivity index (χ1) is 6.50. The number of hydrogen-bond donors (Lipinski definition) is 1. The maximum atomic E-state index is 13.2. The van der Waals surface area contributed by atoms with E-state index in [0.29, 0.717) is 0 Å². The minimum absolute atomic E-state index is 0.0688. The summed E-state index contributed by atoms with van der Waals surface area (Å²) in [5, 5.41) is 0. The summed E-state index contributed by atoms with van der Waals surface area (Å²) < 4.78 is 17.7. The number of nitrogens with zero attached hydrogens (tertiary/aromatic N) is 1. The fourth-order valence-electron chi connectivity index (χ4n) is 1.12. The van der Waals surface area contributed by atoms with Crippen LogP contribution in [0.15, 0.2) is 18.5 Å². The normalized spacial score (nSPS) is 14.6. The Balaban J connectivity index is 3.16. The molecule has 0 aliphatic carbocycles. The van der Waals surface area contributed by atoms with Crippen molar-refractivity contribution in [1.29, 1.82) is 0 Å². The molecule has 0 bridgehead atoms. The summed E-state index contributed by atoms with van der Waals surface area (Å²) in [6.07, 6.45) is 2.37. The van der Waals surface area contributed by atoms with Crippen molar-refractivity contribution in [2.75, 3.05) is 7.11 Å². The standard InChI is InChI=1S/C9H11FN2O2/c1-9(11,8(13)14-2)6-3-4-12-5-7(6)10/h3-5H,11H2,1-2H3. The molecule has 76 valence electrons. The molecule has 1 heterocycles. The Labute approximate surface area is 80.9 Å². The quantitative estimate of drug-likeness (QED) is 0.705. The van der Waals surface area contributed by atoms with Gasteiger partial charge in [0.05, 0.1) is 13.3 Å². The van der Waals surface area contributed by atoms with E-state index >= 15 is 0 Å². The van der Waals surface area contributed by atoms with Crippen molar-refractivity contribution in [3.63, 3.8) is 0 Å². The molecule has 0 saturated heterocycles. The van der Waals surface area contributed by atoms with Crippen molar-refractivity contribution < 1.29 is 13.9 Å². The predicted octanol–water partition coefficient (Wildman–Crippen LogP) is 0.568. The number of pyridine rings is 1. The molecule has 5 heteroatoms. The van der Waals surface area contributed by atoms with Gasteiger partial charge < -0.3 is 10.5 Å². The molecule has 1 atom stereocenters. The first-order valence-electron chi connectivity index (χ1n) is 3.97. The number of carbonyl (C=O) groups excluding carboxylic acids is 1. The van der Waals surface area contributed by atoms with Gasteiger partial charge in [0.15, 0.2) is 0 Å². The molecule has 1 aromatic rings. The molecule has 1 aromatic heterocycles. The number of carbonyl (C=O) groups is 1. The fraction of sp³-hybridized carbons (Fsp3) is 0.333. The highest BCUT2D eigenvalue weighted by Crippen LogP contribution is 2.21. The molecule has 0 saturated carbocycles. The highest BCUT2D eigenvalue weighted by Gasteiger charge is 2.34. The monoisotopic (exact) mass is 198 g/mol. The van der Waals surface area contributed by atoms with Gasteiger partial charge in [-0.25, -0.2) is 9.18 Å². The van der Waals surface area contributed by atoms with E-state index in [2.05, 4.69) is 9.72 Å². The Hall–Kier alpha value is -1.49. The zero-order valence-corrected chi connectivity index (χ0v) is 7.95. The van der Waals surface area contributed by atoms with Crippen LogP contribution in [0.5, 0.6) is 0 Å². The fourth-order valence-corrected chi connectivity index (χ4v) is 1.12.